The van der Waals surface area contributed by atoms with E-state index in [0.29, 0.717) is 5.56 Å². The minimum atomic E-state index is -1.10. The normalized spacial score (nSPS) is 12.4. The molecule has 0 aliphatic heterocycles. The number of benzene rings is 1. The Morgan fingerprint density at radius 2 is 2.00 bits per heavy atom. The number of hydrogen-bond acceptors (Lipinski definition) is 2. The largest absolute Gasteiger partial charge is 0.479 e. The second-order valence-electron chi connectivity index (χ2n) is 2.22. The van der Waals surface area contributed by atoms with Gasteiger partial charge in [0.15, 0.2) is 0 Å². The maximum absolute atomic E-state index is 10.5. The molecule has 0 saturated heterocycles. The van der Waals surface area contributed by atoms with Crippen molar-refractivity contribution in [1.29, 1.82) is 0 Å². The van der Waals surface area contributed by atoms with Crippen LogP contribution in [0.1, 0.15) is 11.7 Å². The number of hydrogen-bond donors (Lipinski definition) is 1. The van der Waals surface area contributed by atoms with Crippen LogP contribution in [0.15, 0.2) is 30.3 Å². The molecule has 1 atom stereocenters. The fourth-order valence-electron chi connectivity index (χ4n) is 0.860. The number of halogens is 1. The third-order valence-electron chi connectivity index (χ3n) is 1.42. The third kappa shape index (κ3) is 1.96. The molecular formula is C8H7ClO3. The highest BCUT2D eigenvalue weighted by atomic mass is 35.5. The Labute approximate surface area is 74.7 Å². The highest BCUT2D eigenvalue weighted by Crippen LogP contribution is 2.18. The molecule has 1 N–H and O–H groups in total. The van der Waals surface area contributed by atoms with Gasteiger partial charge in [-0.2, -0.15) is 0 Å². The molecule has 0 unspecified atom stereocenters. The van der Waals surface area contributed by atoms with Gasteiger partial charge in [-0.15, -0.1) is 0 Å². The topological polar surface area (TPSA) is 46.5 Å². The summed E-state index contributed by atoms with van der Waals surface area (Å²) < 4.78 is 4.27. The lowest BCUT2D eigenvalue weighted by Crippen LogP contribution is -2.11. The summed E-state index contributed by atoms with van der Waals surface area (Å²) in [5, 5.41) is 8.62. The Morgan fingerprint density at radius 3 is 2.42 bits per heavy atom. The van der Waals surface area contributed by atoms with Gasteiger partial charge in [0, 0.05) is 0 Å². The first-order chi connectivity index (χ1) is 5.75. The van der Waals surface area contributed by atoms with E-state index in [1.807, 2.05) is 0 Å². The fraction of sp³-hybridized carbons (Fsp3) is 0.125. The molecule has 1 aromatic rings. The second-order valence-corrected chi connectivity index (χ2v) is 2.40. The van der Waals surface area contributed by atoms with Crippen LogP contribution >= 0.6 is 11.9 Å². The number of carboxylic acids is 1. The molecule has 0 radical (unpaired) electrons. The molecule has 3 nitrogen and oxygen atoms in total. The summed E-state index contributed by atoms with van der Waals surface area (Å²) in [4.78, 5) is 10.5. The van der Waals surface area contributed by atoms with Gasteiger partial charge in [0.2, 0.25) is 6.10 Å². The van der Waals surface area contributed by atoms with Crippen LogP contribution in [0.5, 0.6) is 0 Å². The minimum Gasteiger partial charge on any atom is -0.479 e. The standard InChI is InChI=1S/C8H7ClO3/c9-12-7(8(10)11)6-4-2-1-3-5-6/h1-5,7H,(H,10,11)/t7-/m1/s1. The van der Waals surface area contributed by atoms with Crippen molar-refractivity contribution in [2.75, 3.05) is 0 Å². The lowest BCUT2D eigenvalue weighted by molar-refractivity contribution is -0.145. The van der Waals surface area contributed by atoms with Crippen molar-refractivity contribution >= 4 is 17.8 Å². The smallest absolute Gasteiger partial charge is 0.339 e. The van der Waals surface area contributed by atoms with Crippen molar-refractivity contribution in [2.45, 2.75) is 6.10 Å². The van der Waals surface area contributed by atoms with Gasteiger partial charge < -0.3 is 5.11 Å². The molecule has 0 saturated carbocycles. The average Bonchev–Trinajstić information content (AvgIpc) is 2.07. The van der Waals surface area contributed by atoms with Gasteiger partial charge >= 0.3 is 5.97 Å². The molecule has 0 heterocycles. The molecule has 0 amide bonds. The summed E-state index contributed by atoms with van der Waals surface area (Å²) in [7, 11) is 0. The number of carbonyl (C=O) groups is 1. The van der Waals surface area contributed by atoms with Crippen LogP contribution in [-0.2, 0) is 9.08 Å². The summed E-state index contributed by atoms with van der Waals surface area (Å²) in [6.07, 6.45) is -1.09. The third-order valence-corrected chi connectivity index (χ3v) is 1.59. The van der Waals surface area contributed by atoms with Crippen molar-refractivity contribution in [3.63, 3.8) is 0 Å². The Bertz CT molecular complexity index is 260. The van der Waals surface area contributed by atoms with Crippen molar-refractivity contribution in [3.05, 3.63) is 35.9 Å². The van der Waals surface area contributed by atoms with E-state index in [2.05, 4.69) is 4.29 Å². The van der Waals surface area contributed by atoms with E-state index < -0.39 is 12.1 Å². The van der Waals surface area contributed by atoms with Gasteiger partial charge in [-0.05, 0) is 5.56 Å². The Morgan fingerprint density at radius 1 is 1.42 bits per heavy atom. The molecular weight excluding hydrogens is 180 g/mol. The number of carboxylic acid groups (broad SMARTS) is 1. The molecule has 1 aromatic carbocycles. The Kier molecular flexibility index (Phi) is 3.08. The molecule has 4 heteroatoms. The van der Waals surface area contributed by atoms with Crippen LogP contribution in [0.3, 0.4) is 0 Å². The summed E-state index contributed by atoms with van der Waals surface area (Å²) in [6, 6.07) is 8.52. The van der Waals surface area contributed by atoms with Crippen LogP contribution in [0.4, 0.5) is 0 Å². The van der Waals surface area contributed by atoms with E-state index in [4.69, 9.17) is 17.0 Å². The van der Waals surface area contributed by atoms with Crippen LogP contribution in [0.2, 0.25) is 0 Å². The van der Waals surface area contributed by atoms with Crippen molar-refractivity contribution in [2.24, 2.45) is 0 Å². The minimum absolute atomic E-state index is 0.528. The maximum Gasteiger partial charge on any atom is 0.339 e. The van der Waals surface area contributed by atoms with Crippen LogP contribution in [0, 0.1) is 0 Å². The molecule has 64 valence electrons. The lowest BCUT2D eigenvalue weighted by Gasteiger charge is -2.06. The predicted octanol–water partition coefficient (Wildman–Crippen LogP) is 1.98. The first-order valence-corrected chi connectivity index (χ1v) is 3.61. The molecule has 0 aliphatic carbocycles. The van der Waals surface area contributed by atoms with E-state index in [9.17, 15) is 4.79 Å². The van der Waals surface area contributed by atoms with Crippen LogP contribution < -0.4 is 0 Å². The van der Waals surface area contributed by atoms with E-state index in [0.717, 1.165) is 0 Å². The summed E-state index contributed by atoms with van der Waals surface area (Å²) in [6.45, 7) is 0. The van der Waals surface area contributed by atoms with Gasteiger partial charge in [0.25, 0.3) is 0 Å². The highest BCUT2D eigenvalue weighted by molar-refractivity contribution is 6.08. The zero-order chi connectivity index (χ0) is 8.97. The Balaban J connectivity index is 2.88. The molecule has 0 bridgehead atoms. The number of rotatable bonds is 3. The van der Waals surface area contributed by atoms with Crippen molar-refractivity contribution in [1.82, 2.24) is 0 Å². The van der Waals surface area contributed by atoms with Gasteiger partial charge in [0.1, 0.15) is 0 Å². The Hall–Kier alpha value is -1.06. The first kappa shape index (κ1) is 9.03. The fourth-order valence-corrected chi connectivity index (χ4v) is 1.04. The molecule has 0 spiro atoms. The molecule has 0 fully saturated rings. The van der Waals surface area contributed by atoms with Gasteiger partial charge in [-0.25, -0.2) is 4.79 Å². The zero-order valence-electron chi connectivity index (χ0n) is 6.11. The monoisotopic (exact) mass is 186 g/mol. The lowest BCUT2D eigenvalue weighted by atomic mass is 10.1. The van der Waals surface area contributed by atoms with Crippen LogP contribution in [0.25, 0.3) is 0 Å². The molecule has 1 rings (SSSR count). The zero-order valence-corrected chi connectivity index (χ0v) is 6.86. The number of aliphatic carboxylic acids is 1. The summed E-state index contributed by atoms with van der Waals surface area (Å²) in [5.41, 5.74) is 0.528. The molecule has 0 aromatic heterocycles. The second kappa shape index (κ2) is 4.09. The van der Waals surface area contributed by atoms with Gasteiger partial charge in [-0.1, -0.05) is 30.3 Å². The average molecular weight is 187 g/mol. The molecule has 12 heavy (non-hydrogen) atoms. The predicted molar refractivity (Wildman–Crippen MR) is 43.8 cm³/mol. The summed E-state index contributed by atoms with van der Waals surface area (Å²) in [5.74, 6) is -1.10. The SMILES string of the molecule is O=C(O)[C@H](OCl)c1ccccc1. The van der Waals surface area contributed by atoms with Gasteiger partial charge in [0.05, 0.1) is 11.9 Å². The molecule has 0 aliphatic rings. The summed E-state index contributed by atoms with van der Waals surface area (Å²) >= 11 is 5.02. The van der Waals surface area contributed by atoms with E-state index in [1.165, 1.54) is 0 Å². The van der Waals surface area contributed by atoms with Gasteiger partial charge in [-0.3, -0.25) is 4.29 Å². The maximum atomic E-state index is 10.5. The van der Waals surface area contributed by atoms with Crippen molar-refractivity contribution < 1.29 is 14.2 Å². The first-order valence-electron chi connectivity index (χ1n) is 3.31. The van der Waals surface area contributed by atoms with Crippen LogP contribution in [-0.4, -0.2) is 11.1 Å². The van der Waals surface area contributed by atoms with E-state index >= 15 is 0 Å². The quantitative estimate of drug-likeness (QED) is 0.785. The highest BCUT2D eigenvalue weighted by Gasteiger charge is 2.19. The van der Waals surface area contributed by atoms with E-state index in [1.54, 1.807) is 30.3 Å². The van der Waals surface area contributed by atoms with E-state index in [-0.39, 0.29) is 0 Å². The van der Waals surface area contributed by atoms with Crippen molar-refractivity contribution in [3.8, 4) is 0 Å².